The second kappa shape index (κ2) is 12.3. The monoisotopic (exact) mass is 486 g/mol. The quantitative estimate of drug-likeness (QED) is 0.235. The highest BCUT2D eigenvalue weighted by Crippen LogP contribution is 2.34. The molecule has 0 aromatic carbocycles. The van der Waals surface area contributed by atoms with Crippen LogP contribution in [0, 0.1) is 5.92 Å². The fourth-order valence-electron chi connectivity index (χ4n) is 3.91. The van der Waals surface area contributed by atoms with Crippen LogP contribution in [-0.2, 0) is 4.79 Å². The number of carbonyl (C=O) groups excluding carboxylic acids is 1. The third-order valence-electron chi connectivity index (χ3n) is 5.97. The van der Waals surface area contributed by atoms with E-state index in [0.717, 1.165) is 51.5 Å². The van der Waals surface area contributed by atoms with E-state index in [1.54, 1.807) is 23.2 Å². The summed E-state index contributed by atoms with van der Waals surface area (Å²) in [7, 11) is 0. The van der Waals surface area contributed by atoms with Crippen molar-refractivity contribution in [3.05, 3.63) is 45.2 Å². The first-order chi connectivity index (χ1) is 16.0. The SMILES string of the molecule is CCCCCNc1nc2ccccn2c(=O)c1/C=C1/SC(=S)N(CC(CC)CCCC)C1=O. The zero-order valence-corrected chi connectivity index (χ0v) is 21.4. The highest BCUT2D eigenvalue weighted by atomic mass is 32.2. The topological polar surface area (TPSA) is 66.7 Å². The van der Waals surface area contributed by atoms with Gasteiger partial charge in [0, 0.05) is 19.3 Å². The van der Waals surface area contributed by atoms with Gasteiger partial charge in [-0.05, 0) is 37.0 Å². The Morgan fingerprint density at radius 1 is 1.15 bits per heavy atom. The zero-order chi connectivity index (χ0) is 23.8. The molecule has 1 N–H and O–H groups in total. The normalized spacial score (nSPS) is 16.2. The van der Waals surface area contributed by atoms with Gasteiger partial charge in [0.15, 0.2) is 0 Å². The Hall–Kier alpha value is -2.19. The summed E-state index contributed by atoms with van der Waals surface area (Å²) in [6.07, 6.45) is 11.0. The number of carbonyl (C=O) groups is 1. The third-order valence-corrected chi connectivity index (χ3v) is 7.35. The second-order valence-electron chi connectivity index (χ2n) is 8.45. The lowest BCUT2D eigenvalue weighted by atomic mass is 9.99. The van der Waals surface area contributed by atoms with E-state index < -0.39 is 0 Å². The summed E-state index contributed by atoms with van der Waals surface area (Å²) in [6, 6.07) is 5.47. The maximum absolute atomic E-state index is 13.3. The van der Waals surface area contributed by atoms with Crippen molar-refractivity contribution < 1.29 is 4.79 Å². The second-order valence-corrected chi connectivity index (χ2v) is 10.1. The van der Waals surface area contributed by atoms with Crippen LogP contribution in [0.3, 0.4) is 0 Å². The molecule has 1 aliphatic heterocycles. The summed E-state index contributed by atoms with van der Waals surface area (Å²) in [5.74, 6) is 0.826. The highest BCUT2D eigenvalue weighted by molar-refractivity contribution is 8.26. The first-order valence-corrected chi connectivity index (χ1v) is 13.2. The zero-order valence-electron chi connectivity index (χ0n) is 19.8. The molecule has 1 saturated heterocycles. The molecule has 8 heteroatoms. The van der Waals surface area contributed by atoms with Crippen molar-refractivity contribution >= 4 is 51.7 Å². The Kier molecular flexibility index (Phi) is 9.50. The van der Waals surface area contributed by atoms with Crippen molar-refractivity contribution in [2.45, 2.75) is 65.7 Å². The number of nitrogens with zero attached hydrogens (tertiary/aromatic N) is 3. The van der Waals surface area contributed by atoms with Crippen LogP contribution in [-0.4, -0.2) is 37.6 Å². The van der Waals surface area contributed by atoms with E-state index in [0.29, 0.717) is 38.7 Å². The van der Waals surface area contributed by atoms with Crippen molar-refractivity contribution in [2.24, 2.45) is 5.92 Å². The van der Waals surface area contributed by atoms with E-state index in [-0.39, 0.29) is 11.5 Å². The Morgan fingerprint density at radius 2 is 1.94 bits per heavy atom. The van der Waals surface area contributed by atoms with E-state index >= 15 is 0 Å². The van der Waals surface area contributed by atoms with Crippen molar-refractivity contribution in [2.75, 3.05) is 18.4 Å². The summed E-state index contributed by atoms with van der Waals surface area (Å²) < 4.78 is 2.08. The number of amides is 1. The van der Waals surface area contributed by atoms with E-state index in [4.69, 9.17) is 12.2 Å². The van der Waals surface area contributed by atoms with Gasteiger partial charge in [0.2, 0.25) is 0 Å². The third kappa shape index (κ3) is 6.23. The van der Waals surface area contributed by atoms with Crippen LogP contribution in [0.4, 0.5) is 5.82 Å². The molecule has 3 heterocycles. The predicted octanol–water partition coefficient (Wildman–Crippen LogP) is 5.71. The van der Waals surface area contributed by atoms with Crippen molar-refractivity contribution in [3.8, 4) is 0 Å². The summed E-state index contributed by atoms with van der Waals surface area (Å²) in [5, 5.41) is 3.32. The summed E-state index contributed by atoms with van der Waals surface area (Å²) in [6.45, 7) is 7.85. The van der Waals surface area contributed by atoms with E-state index in [2.05, 4.69) is 31.1 Å². The summed E-state index contributed by atoms with van der Waals surface area (Å²) in [4.78, 5) is 33.4. The largest absolute Gasteiger partial charge is 0.369 e. The van der Waals surface area contributed by atoms with Crippen molar-refractivity contribution in [3.63, 3.8) is 0 Å². The van der Waals surface area contributed by atoms with Gasteiger partial charge in [-0.1, -0.05) is 82.9 Å². The number of thiocarbonyl (C=S) groups is 1. The number of aromatic nitrogens is 2. The summed E-state index contributed by atoms with van der Waals surface area (Å²) in [5.41, 5.74) is 0.777. The van der Waals surface area contributed by atoms with Crippen LogP contribution in [0.15, 0.2) is 34.1 Å². The molecule has 6 nitrogen and oxygen atoms in total. The van der Waals surface area contributed by atoms with Gasteiger partial charge in [0.05, 0.1) is 10.5 Å². The van der Waals surface area contributed by atoms with Gasteiger partial charge in [-0.15, -0.1) is 0 Å². The van der Waals surface area contributed by atoms with Gasteiger partial charge < -0.3 is 5.32 Å². The lowest BCUT2D eigenvalue weighted by molar-refractivity contribution is -0.122. The van der Waals surface area contributed by atoms with Crippen LogP contribution in [0.1, 0.15) is 71.3 Å². The molecule has 178 valence electrons. The minimum Gasteiger partial charge on any atom is -0.369 e. The smallest absolute Gasteiger partial charge is 0.267 e. The van der Waals surface area contributed by atoms with Crippen molar-refractivity contribution in [1.82, 2.24) is 14.3 Å². The van der Waals surface area contributed by atoms with Crippen LogP contribution in [0.25, 0.3) is 11.7 Å². The first kappa shape index (κ1) is 25.4. The van der Waals surface area contributed by atoms with Crippen LogP contribution < -0.4 is 10.9 Å². The molecule has 0 saturated carbocycles. The van der Waals surface area contributed by atoms with Crippen LogP contribution >= 0.6 is 24.0 Å². The molecule has 0 radical (unpaired) electrons. The van der Waals surface area contributed by atoms with E-state index in [1.165, 1.54) is 16.2 Å². The first-order valence-electron chi connectivity index (χ1n) is 12.0. The molecule has 0 aliphatic carbocycles. The maximum Gasteiger partial charge on any atom is 0.267 e. The number of fused-ring (bicyclic) bond motifs is 1. The summed E-state index contributed by atoms with van der Waals surface area (Å²) >= 11 is 6.82. The molecule has 0 bridgehead atoms. The Labute approximate surface area is 205 Å². The number of nitrogens with one attached hydrogen (secondary N) is 1. The van der Waals surface area contributed by atoms with E-state index in [9.17, 15) is 9.59 Å². The predicted molar refractivity (Wildman–Crippen MR) is 143 cm³/mol. The lowest BCUT2D eigenvalue weighted by Crippen LogP contribution is -2.33. The molecule has 1 aliphatic rings. The highest BCUT2D eigenvalue weighted by Gasteiger charge is 2.33. The average Bonchev–Trinajstić information content (AvgIpc) is 3.08. The fourth-order valence-corrected chi connectivity index (χ4v) is 5.17. The van der Waals surface area contributed by atoms with Crippen LogP contribution in [0.2, 0.25) is 0 Å². The Bertz CT molecular complexity index is 1080. The molecule has 1 atom stereocenters. The van der Waals surface area contributed by atoms with Gasteiger partial charge in [-0.2, -0.15) is 0 Å². The minimum absolute atomic E-state index is 0.116. The molecule has 2 aromatic rings. The van der Waals surface area contributed by atoms with Gasteiger partial charge >= 0.3 is 0 Å². The number of anilines is 1. The van der Waals surface area contributed by atoms with Crippen LogP contribution in [0.5, 0.6) is 0 Å². The average molecular weight is 487 g/mol. The molecule has 2 aromatic heterocycles. The molecule has 1 unspecified atom stereocenters. The molecule has 1 amide bonds. The van der Waals surface area contributed by atoms with Gasteiger partial charge in [-0.25, -0.2) is 4.98 Å². The Balaban J connectivity index is 1.92. The Morgan fingerprint density at radius 3 is 2.67 bits per heavy atom. The fraction of sp³-hybridized carbons (Fsp3) is 0.520. The molecular formula is C25H34N4O2S2. The molecule has 0 spiro atoms. The number of thioether (sulfide) groups is 1. The van der Waals surface area contributed by atoms with Gasteiger partial charge in [-0.3, -0.25) is 18.9 Å². The number of hydrogen-bond acceptors (Lipinski definition) is 6. The molecule has 33 heavy (non-hydrogen) atoms. The number of rotatable bonds is 12. The minimum atomic E-state index is -0.196. The number of pyridine rings is 1. The lowest BCUT2D eigenvalue weighted by Gasteiger charge is -2.21. The molecular weight excluding hydrogens is 452 g/mol. The van der Waals surface area contributed by atoms with Gasteiger partial charge in [0.1, 0.15) is 15.8 Å². The number of unbranched alkanes of at least 4 members (excludes halogenated alkanes) is 3. The molecule has 1 fully saturated rings. The van der Waals surface area contributed by atoms with Gasteiger partial charge in [0.25, 0.3) is 11.5 Å². The molecule has 3 rings (SSSR count). The van der Waals surface area contributed by atoms with Crippen molar-refractivity contribution in [1.29, 1.82) is 0 Å². The maximum atomic E-state index is 13.3. The number of hydrogen-bond donors (Lipinski definition) is 1. The standard InChI is InChI=1S/C25H34N4O2S2/c1-4-7-10-14-26-22-19(23(30)28-15-11-9-13-21(28)27-22)16-20-24(31)29(25(32)33-20)17-18(6-3)12-8-5-2/h9,11,13,15-16,18,26H,4-8,10,12,14,17H2,1-3H3/b20-16+. The van der Waals surface area contributed by atoms with E-state index in [1.807, 2.05) is 12.1 Å².